The van der Waals surface area contributed by atoms with Gasteiger partial charge in [0.05, 0.1) is 0 Å². The minimum Gasteiger partial charge on any atom is -0.480 e. The van der Waals surface area contributed by atoms with Crippen molar-refractivity contribution in [1.82, 2.24) is 0 Å². The van der Waals surface area contributed by atoms with E-state index in [9.17, 15) is 9.18 Å². The van der Waals surface area contributed by atoms with Gasteiger partial charge in [-0.25, -0.2) is 4.39 Å². The molecule has 5 heteroatoms. The van der Waals surface area contributed by atoms with Crippen molar-refractivity contribution in [3.8, 4) is 0 Å². The normalized spacial score (nSPS) is 14.6. The lowest BCUT2D eigenvalue weighted by molar-refractivity contribution is -0.139. The number of alkyl halides is 1. The molecule has 2 atom stereocenters. The molecule has 1 aromatic rings. The lowest BCUT2D eigenvalue weighted by Crippen LogP contribution is -2.23. The molecule has 1 N–H and O–H groups in total. The number of benzene rings is 1. The van der Waals surface area contributed by atoms with Crippen LogP contribution in [0.2, 0.25) is 0 Å². The number of carboxylic acids is 1. The number of hydrogen-bond donors (Lipinski definition) is 1. The number of carboxylic acid groups (broad SMARTS) is 1. The van der Waals surface area contributed by atoms with E-state index in [2.05, 4.69) is 0 Å². The molecular formula is C10H10ClFO3. The van der Waals surface area contributed by atoms with Crippen molar-refractivity contribution in [2.45, 2.75) is 11.5 Å². The van der Waals surface area contributed by atoms with Gasteiger partial charge in [-0.15, -0.1) is 11.6 Å². The predicted molar refractivity (Wildman–Crippen MR) is 53.4 cm³/mol. The quantitative estimate of drug-likeness (QED) is 0.810. The first-order valence-corrected chi connectivity index (χ1v) is 4.65. The van der Waals surface area contributed by atoms with E-state index in [1.54, 1.807) is 0 Å². The molecule has 1 rings (SSSR count). The summed E-state index contributed by atoms with van der Waals surface area (Å²) in [4.78, 5) is 10.7. The molecule has 15 heavy (non-hydrogen) atoms. The molecule has 2 unspecified atom stereocenters. The molecule has 0 saturated carbocycles. The summed E-state index contributed by atoms with van der Waals surface area (Å²) in [6, 6.07) is 5.35. The van der Waals surface area contributed by atoms with Crippen molar-refractivity contribution in [3.63, 3.8) is 0 Å². The van der Waals surface area contributed by atoms with Crippen LogP contribution in [0.15, 0.2) is 24.3 Å². The zero-order valence-corrected chi connectivity index (χ0v) is 8.74. The summed E-state index contributed by atoms with van der Waals surface area (Å²) in [7, 11) is 1.35. The van der Waals surface area contributed by atoms with Crippen LogP contribution in [0.3, 0.4) is 0 Å². The summed E-state index contributed by atoms with van der Waals surface area (Å²) in [6.45, 7) is 0. The topological polar surface area (TPSA) is 46.5 Å². The van der Waals surface area contributed by atoms with Crippen LogP contribution >= 0.6 is 11.6 Å². The maximum atomic E-state index is 12.6. The zero-order chi connectivity index (χ0) is 11.4. The molecule has 1 aromatic carbocycles. The second-order valence-electron chi connectivity index (χ2n) is 2.95. The third-order valence-electron chi connectivity index (χ3n) is 1.95. The van der Waals surface area contributed by atoms with Gasteiger partial charge in [0.1, 0.15) is 11.9 Å². The number of methoxy groups -OCH3 is 1. The smallest absolute Gasteiger partial charge is 0.324 e. The van der Waals surface area contributed by atoms with Crippen LogP contribution in [0.5, 0.6) is 0 Å². The fourth-order valence-electron chi connectivity index (χ4n) is 1.21. The molecule has 0 fully saturated rings. The zero-order valence-electron chi connectivity index (χ0n) is 7.98. The Labute approximate surface area is 91.4 Å². The van der Waals surface area contributed by atoms with Gasteiger partial charge in [-0.2, -0.15) is 0 Å². The summed E-state index contributed by atoms with van der Waals surface area (Å²) in [5, 5.41) is 7.52. The molecule has 0 radical (unpaired) electrons. The molecule has 0 saturated heterocycles. The Hall–Kier alpha value is -1.13. The first-order chi connectivity index (χ1) is 7.06. The molecule has 0 spiro atoms. The van der Waals surface area contributed by atoms with Gasteiger partial charge in [-0.1, -0.05) is 12.1 Å². The maximum Gasteiger partial charge on any atom is 0.324 e. The Balaban J connectivity index is 2.92. The molecule has 0 aliphatic heterocycles. The average molecular weight is 233 g/mol. The van der Waals surface area contributed by atoms with Gasteiger partial charge in [0.25, 0.3) is 0 Å². The van der Waals surface area contributed by atoms with Gasteiger partial charge in [0.2, 0.25) is 0 Å². The van der Waals surface area contributed by atoms with Crippen LogP contribution in [0.1, 0.15) is 11.7 Å². The summed E-state index contributed by atoms with van der Waals surface area (Å²) in [5.74, 6) is -1.57. The predicted octanol–water partition coefficient (Wildman–Crippen LogP) is 2.21. The molecule has 0 aromatic heterocycles. The number of rotatable bonds is 4. The van der Waals surface area contributed by atoms with Gasteiger partial charge in [0.15, 0.2) is 5.38 Å². The molecule has 0 amide bonds. The molecular weight excluding hydrogens is 223 g/mol. The van der Waals surface area contributed by atoms with Crippen LogP contribution in [0, 0.1) is 5.82 Å². The van der Waals surface area contributed by atoms with Gasteiger partial charge < -0.3 is 9.84 Å². The average Bonchev–Trinajstić information content (AvgIpc) is 2.21. The van der Waals surface area contributed by atoms with Crippen molar-refractivity contribution in [3.05, 3.63) is 35.6 Å². The van der Waals surface area contributed by atoms with Crippen molar-refractivity contribution in [1.29, 1.82) is 0 Å². The molecule has 0 aliphatic rings. The number of hydrogen-bond acceptors (Lipinski definition) is 2. The second-order valence-corrected chi connectivity index (χ2v) is 3.42. The van der Waals surface area contributed by atoms with Crippen molar-refractivity contribution >= 4 is 17.6 Å². The van der Waals surface area contributed by atoms with Crippen LogP contribution in [0.25, 0.3) is 0 Å². The van der Waals surface area contributed by atoms with Crippen LogP contribution in [0.4, 0.5) is 4.39 Å². The van der Waals surface area contributed by atoms with E-state index in [0.29, 0.717) is 5.56 Å². The van der Waals surface area contributed by atoms with E-state index in [-0.39, 0.29) is 0 Å². The van der Waals surface area contributed by atoms with Crippen LogP contribution in [-0.2, 0) is 9.53 Å². The SMILES string of the molecule is COC(c1ccc(F)cc1)C(Cl)C(=O)O. The van der Waals surface area contributed by atoms with Crippen molar-refractivity contribution < 1.29 is 19.0 Å². The summed E-state index contributed by atoms with van der Waals surface area (Å²) < 4.78 is 17.6. The largest absolute Gasteiger partial charge is 0.480 e. The van der Waals surface area contributed by atoms with Gasteiger partial charge >= 0.3 is 5.97 Å². The lowest BCUT2D eigenvalue weighted by Gasteiger charge is -2.17. The maximum absolute atomic E-state index is 12.6. The first kappa shape index (κ1) is 11.9. The van der Waals surface area contributed by atoms with E-state index in [1.165, 1.54) is 31.4 Å². The molecule has 82 valence electrons. The van der Waals surface area contributed by atoms with E-state index in [0.717, 1.165) is 0 Å². The van der Waals surface area contributed by atoms with E-state index in [1.807, 2.05) is 0 Å². The highest BCUT2D eigenvalue weighted by molar-refractivity contribution is 6.30. The number of halogens is 2. The van der Waals surface area contributed by atoms with E-state index >= 15 is 0 Å². The Morgan fingerprint density at radius 2 is 2.00 bits per heavy atom. The van der Waals surface area contributed by atoms with Gasteiger partial charge in [-0.05, 0) is 17.7 Å². The molecule has 0 heterocycles. The summed E-state index contributed by atoms with van der Waals surface area (Å²) >= 11 is 5.64. The number of carbonyl (C=O) groups is 1. The Morgan fingerprint density at radius 3 is 2.40 bits per heavy atom. The van der Waals surface area contributed by atoms with Crippen molar-refractivity contribution in [2.75, 3.05) is 7.11 Å². The van der Waals surface area contributed by atoms with E-state index in [4.69, 9.17) is 21.4 Å². The fraction of sp³-hybridized carbons (Fsp3) is 0.300. The standard InChI is InChI=1S/C10H10ClFO3/c1-15-9(8(11)10(13)14)6-2-4-7(12)5-3-6/h2-5,8-9H,1H3,(H,13,14). The Kier molecular flexibility index (Phi) is 4.05. The third kappa shape index (κ3) is 2.91. The highest BCUT2D eigenvalue weighted by Crippen LogP contribution is 2.24. The molecule has 3 nitrogen and oxygen atoms in total. The number of ether oxygens (including phenoxy) is 1. The number of aliphatic carboxylic acids is 1. The minimum absolute atomic E-state index is 0.393. The highest BCUT2D eigenvalue weighted by atomic mass is 35.5. The second kappa shape index (κ2) is 5.09. The third-order valence-corrected chi connectivity index (χ3v) is 2.37. The van der Waals surface area contributed by atoms with Crippen LogP contribution < -0.4 is 0 Å². The van der Waals surface area contributed by atoms with E-state index < -0.39 is 23.3 Å². The van der Waals surface area contributed by atoms with Crippen LogP contribution in [-0.4, -0.2) is 23.6 Å². The lowest BCUT2D eigenvalue weighted by atomic mass is 10.1. The minimum atomic E-state index is -1.19. The monoisotopic (exact) mass is 232 g/mol. The summed E-state index contributed by atoms with van der Waals surface area (Å²) in [5.41, 5.74) is 0.529. The van der Waals surface area contributed by atoms with Gasteiger partial charge in [-0.3, -0.25) is 4.79 Å². The summed E-state index contributed by atoms with van der Waals surface area (Å²) in [6.07, 6.45) is -0.787. The van der Waals surface area contributed by atoms with Gasteiger partial charge in [0, 0.05) is 7.11 Å². The Bertz CT molecular complexity index is 339. The highest BCUT2D eigenvalue weighted by Gasteiger charge is 2.27. The molecule has 0 bridgehead atoms. The molecule has 0 aliphatic carbocycles. The first-order valence-electron chi connectivity index (χ1n) is 4.21. The van der Waals surface area contributed by atoms with Crippen molar-refractivity contribution in [2.24, 2.45) is 0 Å². The fourth-order valence-corrected chi connectivity index (χ4v) is 1.45. The Morgan fingerprint density at radius 1 is 1.47 bits per heavy atom.